The third-order valence-electron chi connectivity index (χ3n) is 2.62. The standard InChI is InChI=1S/C11H16N2/c1-8-4-5-9-10(12)3-2-6-13-11(9)7-8/h4-5,7,10,13H,2-3,6,12H2,1H3. The lowest BCUT2D eigenvalue weighted by Gasteiger charge is -2.12. The van der Waals surface area contributed by atoms with Crippen LogP contribution >= 0.6 is 0 Å². The largest absolute Gasteiger partial charge is 0.385 e. The molecule has 1 aromatic rings. The van der Waals surface area contributed by atoms with Crippen LogP contribution in [0.1, 0.15) is 30.0 Å². The van der Waals surface area contributed by atoms with Crippen LogP contribution in [0.15, 0.2) is 18.2 Å². The smallest absolute Gasteiger partial charge is 0.0391 e. The normalized spacial score (nSPS) is 21.5. The number of rotatable bonds is 0. The highest BCUT2D eigenvalue weighted by Gasteiger charge is 2.13. The Morgan fingerprint density at radius 3 is 3.15 bits per heavy atom. The monoisotopic (exact) mass is 176 g/mol. The molecule has 0 fully saturated rings. The van der Waals surface area contributed by atoms with Gasteiger partial charge in [-0.25, -0.2) is 0 Å². The number of nitrogens with two attached hydrogens (primary N) is 1. The summed E-state index contributed by atoms with van der Waals surface area (Å²) >= 11 is 0. The number of aryl methyl sites for hydroxylation is 1. The van der Waals surface area contributed by atoms with Gasteiger partial charge < -0.3 is 11.1 Å². The summed E-state index contributed by atoms with van der Waals surface area (Å²) in [6.07, 6.45) is 2.25. The number of benzene rings is 1. The highest BCUT2D eigenvalue weighted by molar-refractivity contribution is 5.55. The van der Waals surface area contributed by atoms with Crippen LogP contribution in [-0.4, -0.2) is 6.54 Å². The minimum Gasteiger partial charge on any atom is -0.385 e. The third kappa shape index (κ3) is 1.68. The second kappa shape index (κ2) is 3.38. The summed E-state index contributed by atoms with van der Waals surface area (Å²) in [6, 6.07) is 6.67. The van der Waals surface area contributed by atoms with Gasteiger partial charge in [-0.3, -0.25) is 0 Å². The van der Waals surface area contributed by atoms with Gasteiger partial charge in [0, 0.05) is 18.3 Å². The number of anilines is 1. The summed E-state index contributed by atoms with van der Waals surface area (Å²) in [5.41, 5.74) is 9.84. The van der Waals surface area contributed by atoms with Gasteiger partial charge in [-0.15, -0.1) is 0 Å². The van der Waals surface area contributed by atoms with E-state index in [1.807, 2.05) is 0 Å². The molecule has 1 aliphatic rings. The Labute approximate surface area is 79.1 Å². The van der Waals surface area contributed by atoms with Crippen LogP contribution in [0.3, 0.4) is 0 Å². The van der Waals surface area contributed by atoms with E-state index in [2.05, 4.69) is 30.4 Å². The third-order valence-corrected chi connectivity index (χ3v) is 2.62. The number of hydrogen-bond donors (Lipinski definition) is 2. The second-order valence-corrected chi connectivity index (χ2v) is 3.77. The summed E-state index contributed by atoms with van der Waals surface area (Å²) in [6.45, 7) is 3.16. The Hall–Kier alpha value is -1.02. The first-order valence-electron chi connectivity index (χ1n) is 4.87. The predicted octanol–water partition coefficient (Wildman–Crippen LogP) is 2.20. The molecular weight excluding hydrogens is 160 g/mol. The lowest BCUT2D eigenvalue weighted by Crippen LogP contribution is -2.09. The first kappa shape index (κ1) is 8.57. The maximum absolute atomic E-state index is 6.06. The zero-order chi connectivity index (χ0) is 9.26. The fraction of sp³-hybridized carbons (Fsp3) is 0.455. The van der Waals surface area contributed by atoms with Gasteiger partial charge in [0.25, 0.3) is 0 Å². The van der Waals surface area contributed by atoms with Gasteiger partial charge in [0.2, 0.25) is 0 Å². The van der Waals surface area contributed by atoms with Crippen LogP contribution in [0.25, 0.3) is 0 Å². The van der Waals surface area contributed by atoms with Crippen LogP contribution in [0.5, 0.6) is 0 Å². The first-order chi connectivity index (χ1) is 6.27. The Morgan fingerprint density at radius 1 is 1.46 bits per heavy atom. The van der Waals surface area contributed by atoms with Crippen molar-refractivity contribution in [1.29, 1.82) is 0 Å². The van der Waals surface area contributed by atoms with Crippen LogP contribution in [0, 0.1) is 6.92 Å². The van der Waals surface area contributed by atoms with E-state index >= 15 is 0 Å². The zero-order valence-corrected chi connectivity index (χ0v) is 8.01. The minimum atomic E-state index is 0.214. The SMILES string of the molecule is Cc1ccc2c(c1)NCCCC2N. The minimum absolute atomic E-state index is 0.214. The topological polar surface area (TPSA) is 38.0 Å². The summed E-state index contributed by atoms with van der Waals surface area (Å²) in [4.78, 5) is 0. The molecule has 3 N–H and O–H groups in total. The molecule has 1 unspecified atom stereocenters. The van der Waals surface area contributed by atoms with E-state index < -0.39 is 0 Å². The first-order valence-corrected chi connectivity index (χ1v) is 4.87. The van der Waals surface area contributed by atoms with Crippen molar-refractivity contribution in [3.05, 3.63) is 29.3 Å². The van der Waals surface area contributed by atoms with Crippen molar-refractivity contribution in [2.24, 2.45) is 5.73 Å². The predicted molar refractivity (Wildman–Crippen MR) is 55.8 cm³/mol. The molecule has 0 aliphatic carbocycles. The van der Waals surface area contributed by atoms with Crippen LogP contribution in [0.4, 0.5) is 5.69 Å². The molecule has 0 radical (unpaired) electrons. The Bertz CT molecular complexity index is 307. The number of hydrogen-bond acceptors (Lipinski definition) is 2. The summed E-state index contributed by atoms with van der Waals surface area (Å²) < 4.78 is 0. The maximum Gasteiger partial charge on any atom is 0.0391 e. The number of fused-ring (bicyclic) bond motifs is 1. The van der Waals surface area contributed by atoms with Crippen molar-refractivity contribution in [1.82, 2.24) is 0 Å². The fourth-order valence-corrected chi connectivity index (χ4v) is 1.85. The van der Waals surface area contributed by atoms with Crippen molar-refractivity contribution in [2.75, 3.05) is 11.9 Å². The van der Waals surface area contributed by atoms with Crippen molar-refractivity contribution >= 4 is 5.69 Å². The summed E-state index contributed by atoms with van der Waals surface area (Å²) in [7, 11) is 0. The second-order valence-electron chi connectivity index (χ2n) is 3.77. The van der Waals surface area contributed by atoms with Gasteiger partial charge in [-0.2, -0.15) is 0 Å². The van der Waals surface area contributed by atoms with E-state index in [0.29, 0.717) is 0 Å². The molecule has 70 valence electrons. The van der Waals surface area contributed by atoms with Gasteiger partial charge in [0.05, 0.1) is 0 Å². The molecular formula is C11H16N2. The van der Waals surface area contributed by atoms with Gasteiger partial charge in [-0.05, 0) is 37.0 Å². The van der Waals surface area contributed by atoms with Gasteiger partial charge in [0.15, 0.2) is 0 Å². The highest BCUT2D eigenvalue weighted by atomic mass is 14.9. The number of nitrogens with one attached hydrogen (secondary N) is 1. The molecule has 1 atom stereocenters. The summed E-state index contributed by atoms with van der Waals surface area (Å²) in [5, 5.41) is 3.42. The van der Waals surface area contributed by atoms with Crippen molar-refractivity contribution in [3.63, 3.8) is 0 Å². The molecule has 13 heavy (non-hydrogen) atoms. The maximum atomic E-state index is 6.06. The molecule has 0 saturated heterocycles. The van der Waals surface area contributed by atoms with Crippen LogP contribution in [-0.2, 0) is 0 Å². The van der Waals surface area contributed by atoms with Gasteiger partial charge in [-0.1, -0.05) is 12.1 Å². The van der Waals surface area contributed by atoms with Crippen LogP contribution < -0.4 is 11.1 Å². The quantitative estimate of drug-likeness (QED) is 0.636. The molecule has 2 heteroatoms. The van der Waals surface area contributed by atoms with E-state index in [9.17, 15) is 0 Å². The van der Waals surface area contributed by atoms with E-state index in [0.717, 1.165) is 19.4 Å². The Balaban J connectivity index is 2.42. The lowest BCUT2D eigenvalue weighted by atomic mass is 10.0. The van der Waals surface area contributed by atoms with Gasteiger partial charge >= 0.3 is 0 Å². The molecule has 0 spiro atoms. The van der Waals surface area contributed by atoms with E-state index in [1.54, 1.807) is 0 Å². The molecule has 0 aromatic heterocycles. The molecule has 1 heterocycles. The molecule has 0 bridgehead atoms. The average Bonchev–Trinajstić information content (AvgIpc) is 2.28. The molecule has 2 nitrogen and oxygen atoms in total. The molecule has 2 rings (SSSR count). The van der Waals surface area contributed by atoms with E-state index in [1.165, 1.54) is 16.8 Å². The van der Waals surface area contributed by atoms with Gasteiger partial charge in [0.1, 0.15) is 0 Å². The summed E-state index contributed by atoms with van der Waals surface area (Å²) in [5.74, 6) is 0. The molecule has 0 saturated carbocycles. The van der Waals surface area contributed by atoms with E-state index in [-0.39, 0.29) is 6.04 Å². The van der Waals surface area contributed by atoms with Crippen molar-refractivity contribution in [2.45, 2.75) is 25.8 Å². The molecule has 1 aliphatic heterocycles. The van der Waals surface area contributed by atoms with Crippen molar-refractivity contribution in [3.8, 4) is 0 Å². The zero-order valence-electron chi connectivity index (χ0n) is 8.01. The van der Waals surface area contributed by atoms with Crippen molar-refractivity contribution < 1.29 is 0 Å². The molecule has 0 amide bonds. The Kier molecular flexibility index (Phi) is 2.23. The average molecular weight is 176 g/mol. The lowest BCUT2D eigenvalue weighted by molar-refractivity contribution is 0.642. The van der Waals surface area contributed by atoms with Crippen LogP contribution in [0.2, 0.25) is 0 Å². The Morgan fingerprint density at radius 2 is 2.31 bits per heavy atom. The highest BCUT2D eigenvalue weighted by Crippen LogP contribution is 2.28. The van der Waals surface area contributed by atoms with E-state index in [4.69, 9.17) is 5.73 Å². The fourth-order valence-electron chi connectivity index (χ4n) is 1.85. The molecule has 1 aromatic carbocycles.